The number of carbonyl (C=O) groups excluding carboxylic acids is 2. The molecule has 6 heteroatoms. The van der Waals surface area contributed by atoms with E-state index < -0.39 is 17.5 Å². The molecule has 0 aromatic carbocycles. The van der Waals surface area contributed by atoms with E-state index in [4.69, 9.17) is 5.53 Å². The van der Waals surface area contributed by atoms with Crippen LogP contribution in [0.15, 0.2) is 12.2 Å². The maximum Gasteiger partial charge on any atom is 0.441 e. The summed E-state index contributed by atoms with van der Waals surface area (Å²) in [5, 5.41) is 0. The number of hydrogen-bond donors (Lipinski definition) is 0. The Bertz CT molecular complexity index is 425. The van der Waals surface area contributed by atoms with Crippen molar-refractivity contribution in [3.8, 4) is 0 Å². The number of rotatable bonds is 8. The first kappa shape index (κ1) is 16.3. The average Bonchev–Trinajstić information content (AvgIpc) is 2.46. The van der Waals surface area contributed by atoms with Gasteiger partial charge < -0.3 is 10.3 Å². The minimum absolute atomic E-state index is 0.146. The van der Waals surface area contributed by atoms with E-state index in [1.54, 1.807) is 6.92 Å². The molecule has 0 N–H and O–H groups in total. The van der Waals surface area contributed by atoms with Crippen LogP contribution in [0, 0.1) is 0 Å². The van der Waals surface area contributed by atoms with Gasteiger partial charge in [-0.1, -0.05) is 12.2 Å². The second kappa shape index (κ2) is 9.18. The van der Waals surface area contributed by atoms with E-state index in [1.807, 2.05) is 0 Å². The highest BCUT2D eigenvalue weighted by atomic mass is 16.5. The molecular weight excluding hydrogens is 258 g/mol. The lowest BCUT2D eigenvalue weighted by Gasteiger charge is -2.22. The minimum Gasteiger partial charge on any atom is -0.457 e. The van der Waals surface area contributed by atoms with Crippen LogP contribution in [0.1, 0.15) is 32.6 Å². The maximum atomic E-state index is 11.7. The number of hydrogen-bond acceptors (Lipinski definition) is 4. The van der Waals surface area contributed by atoms with Crippen molar-refractivity contribution in [1.82, 2.24) is 4.90 Å². The molecule has 0 fully saturated rings. The van der Waals surface area contributed by atoms with Crippen LogP contribution < -0.4 is 0 Å². The fourth-order valence-electron chi connectivity index (χ4n) is 2.04. The molecule has 0 saturated heterocycles. The molecule has 0 aromatic heterocycles. The van der Waals surface area contributed by atoms with Crippen LogP contribution in [0.25, 0.3) is 5.53 Å². The summed E-state index contributed by atoms with van der Waals surface area (Å²) in [4.78, 5) is 28.1. The predicted octanol–water partition coefficient (Wildman–Crippen LogP) is 1.22. The van der Waals surface area contributed by atoms with Gasteiger partial charge in [-0.15, -0.1) is 0 Å². The Kier molecular flexibility index (Phi) is 7.47. The summed E-state index contributed by atoms with van der Waals surface area (Å²) in [6.45, 7) is 4.72. The van der Waals surface area contributed by atoms with Crippen LogP contribution in [0.4, 0.5) is 0 Å². The Morgan fingerprint density at radius 2 is 2.15 bits per heavy atom. The summed E-state index contributed by atoms with van der Waals surface area (Å²) in [5.41, 5.74) is 8.20. The van der Waals surface area contributed by atoms with Crippen molar-refractivity contribution >= 4 is 17.5 Å². The number of ether oxygens (including phenoxy) is 1. The fourth-order valence-corrected chi connectivity index (χ4v) is 2.04. The van der Waals surface area contributed by atoms with Gasteiger partial charge in [0.05, 0.1) is 6.61 Å². The summed E-state index contributed by atoms with van der Waals surface area (Å²) in [6.07, 6.45) is 7.12. The zero-order valence-corrected chi connectivity index (χ0v) is 11.9. The minimum atomic E-state index is -0.860. The topological polar surface area (TPSA) is 83.0 Å². The highest BCUT2D eigenvalue weighted by molar-refractivity contribution is 6.62. The highest BCUT2D eigenvalue weighted by Crippen LogP contribution is 2.05. The van der Waals surface area contributed by atoms with E-state index in [0.29, 0.717) is 6.42 Å². The molecule has 1 heterocycles. The Labute approximate surface area is 119 Å². The van der Waals surface area contributed by atoms with Gasteiger partial charge in [0.15, 0.2) is 0 Å². The van der Waals surface area contributed by atoms with E-state index in [2.05, 4.69) is 26.6 Å². The number of esters is 1. The lowest BCUT2D eigenvalue weighted by molar-refractivity contribution is -0.141. The molecule has 0 unspecified atom stereocenters. The fraction of sp³-hybridized carbons (Fsp3) is 0.643. The highest BCUT2D eigenvalue weighted by Gasteiger charge is 2.30. The molecule has 0 spiro atoms. The summed E-state index contributed by atoms with van der Waals surface area (Å²) < 4.78 is 4.65. The third kappa shape index (κ3) is 5.47. The van der Waals surface area contributed by atoms with E-state index in [-0.39, 0.29) is 13.0 Å². The SMILES string of the molecule is CCOC(=O)C(=[N+]=[N-])C(=O)CCCCN1CC=CCC1. The average molecular weight is 279 g/mol. The van der Waals surface area contributed by atoms with E-state index in [1.165, 1.54) is 0 Å². The molecule has 1 rings (SSSR count). The summed E-state index contributed by atoms with van der Waals surface area (Å²) >= 11 is 0. The molecule has 20 heavy (non-hydrogen) atoms. The number of Topliss-reactive ketones (excluding diaryl/α,β-unsaturated/α-hetero) is 1. The van der Waals surface area contributed by atoms with Crippen molar-refractivity contribution < 1.29 is 19.1 Å². The molecule has 0 saturated carbocycles. The number of nitrogens with zero attached hydrogens (tertiary/aromatic N) is 3. The van der Waals surface area contributed by atoms with Crippen LogP contribution in [0.3, 0.4) is 0 Å². The van der Waals surface area contributed by atoms with Gasteiger partial charge in [0.1, 0.15) is 0 Å². The third-order valence-corrected chi connectivity index (χ3v) is 3.10. The monoisotopic (exact) mass is 279 g/mol. The van der Waals surface area contributed by atoms with E-state index >= 15 is 0 Å². The second-order valence-electron chi connectivity index (χ2n) is 4.61. The molecule has 110 valence electrons. The first-order chi connectivity index (χ1) is 9.69. The molecule has 0 amide bonds. The largest absolute Gasteiger partial charge is 0.457 e. The Morgan fingerprint density at radius 1 is 1.35 bits per heavy atom. The zero-order chi connectivity index (χ0) is 14.8. The summed E-state index contributed by atoms with van der Waals surface area (Å²) in [7, 11) is 0. The van der Waals surface area contributed by atoms with Crippen molar-refractivity contribution in [3.63, 3.8) is 0 Å². The first-order valence-corrected chi connectivity index (χ1v) is 6.98. The number of carbonyl (C=O) groups is 2. The van der Waals surface area contributed by atoms with Crippen molar-refractivity contribution in [2.75, 3.05) is 26.2 Å². The van der Waals surface area contributed by atoms with Gasteiger partial charge in [-0.05, 0) is 32.7 Å². The maximum absolute atomic E-state index is 11.7. The molecule has 1 aliphatic heterocycles. The van der Waals surface area contributed by atoms with Gasteiger partial charge in [0.25, 0.3) is 5.78 Å². The molecule has 0 radical (unpaired) electrons. The quantitative estimate of drug-likeness (QED) is 0.127. The zero-order valence-electron chi connectivity index (χ0n) is 11.9. The lowest BCUT2D eigenvalue weighted by Crippen LogP contribution is -2.29. The molecule has 1 aliphatic rings. The van der Waals surface area contributed by atoms with Crippen molar-refractivity contribution in [1.29, 1.82) is 0 Å². The molecule has 0 aromatic rings. The molecule has 0 bridgehead atoms. The second-order valence-corrected chi connectivity index (χ2v) is 4.61. The van der Waals surface area contributed by atoms with Crippen LogP contribution in [0.5, 0.6) is 0 Å². The van der Waals surface area contributed by atoms with Crippen LogP contribution in [-0.4, -0.2) is 53.4 Å². The van der Waals surface area contributed by atoms with Gasteiger partial charge in [0, 0.05) is 19.5 Å². The normalized spacial score (nSPS) is 14.7. The van der Waals surface area contributed by atoms with Crippen molar-refractivity contribution in [3.05, 3.63) is 17.7 Å². The summed E-state index contributed by atoms with van der Waals surface area (Å²) in [6, 6.07) is 0. The van der Waals surface area contributed by atoms with Crippen molar-refractivity contribution in [2.45, 2.75) is 32.6 Å². The number of ketones is 1. The Balaban J connectivity index is 2.26. The van der Waals surface area contributed by atoms with Gasteiger partial charge in [-0.25, -0.2) is 4.79 Å². The molecule has 0 atom stereocenters. The standard InChI is InChI=1S/C14H21N3O3/c1-2-20-14(19)13(16-15)12(18)8-4-7-11-17-9-5-3-6-10-17/h3,5H,2,4,6-11H2,1H3. The van der Waals surface area contributed by atoms with Gasteiger partial charge in [-0.2, -0.15) is 4.79 Å². The van der Waals surface area contributed by atoms with E-state index in [9.17, 15) is 9.59 Å². The number of unbranched alkanes of at least 4 members (excludes halogenated alkanes) is 1. The molecular formula is C14H21N3O3. The van der Waals surface area contributed by atoms with Crippen LogP contribution >= 0.6 is 0 Å². The van der Waals surface area contributed by atoms with Crippen LogP contribution in [0.2, 0.25) is 0 Å². The van der Waals surface area contributed by atoms with Gasteiger partial charge >= 0.3 is 11.7 Å². The first-order valence-electron chi connectivity index (χ1n) is 6.98. The van der Waals surface area contributed by atoms with Gasteiger partial charge in [0.2, 0.25) is 0 Å². The Hall–Kier alpha value is -1.78. The van der Waals surface area contributed by atoms with Crippen molar-refractivity contribution in [2.24, 2.45) is 0 Å². The molecule has 6 nitrogen and oxygen atoms in total. The third-order valence-electron chi connectivity index (χ3n) is 3.10. The lowest BCUT2D eigenvalue weighted by atomic mass is 10.1. The predicted molar refractivity (Wildman–Crippen MR) is 74.3 cm³/mol. The Morgan fingerprint density at radius 3 is 2.75 bits per heavy atom. The summed E-state index contributed by atoms with van der Waals surface area (Å²) in [5.74, 6) is -1.33. The molecule has 0 aliphatic carbocycles. The van der Waals surface area contributed by atoms with Gasteiger partial charge in [-0.3, -0.25) is 9.69 Å². The smallest absolute Gasteiger partial charge is 0.441 e. The van der Waals surface area contributed by atoms with E-state index in [0.717, 1.165) is 32.5 Å². The van der Waals surface area contributed by atoms with Crippen LogP contribution in [-0.2, 0) is 14.3 Å².